The van der Waals surface area contributed by atoms with Gasteiger partial charge in [0.25, 0.3) is 0 Å². The van der Waals surface area contributed by atoms with Crippen molar-refractivity contribution in [1.82, 2.24) is 5.32 Å². The molecular formula is C7H13NO4. The van der Waals surface area contributed by atoms with Gasteiger partial charge in [-0.2, -0.15) is 0 Å². The lowest BCUT2D eigenvalue weighted by Crippen LogP contribution is -2.47. The molecule has 1 fully saturated rings. The van der Waals surface area contributed by atoms with Gasteiger partial charge >= 0.3 is 5.97 Å². The first-order valence-corrected chi connectivity index (χ1v) is 3.79. The predicted molar refractivity (Wildman–Crippen MR) is 40.7 cm³/mol. The van der Waals surface area contributed by atoms with Crippen LogP contribution in [0.3, 0.4) is 0 Å². The van der Waals surface area contributed by atoms with Crippen molar-refractivity contribution in [3.8, 4) is 0 Å². The van der Waals surface area contributed by atoms with E-state index in [2.05, 4.69) is 5.32 Å². The van der Waals surface area contributed by atoms with Gasteiger partial charge in [-0.3, -0.25) is 4.79 Å². The minimum atomic E-state index is -1.01. The van der Waals surface area contributed by atoms with Gasteiger partial charge in [-0.1, -0.05) is 0 Å². The molecular weight excluding hydrogens is 162 g/mol. The smallest absolute Gasteiger partial charge is 0.305 e. The van der Waals surface area contributed by atoms with Gasteiger partial charge in [0.05, 0.1) is 24.2 Å². The molecule has 1 aliphatic heterocycles. The molecule has 0 aliphatic carbocycles. The molecule has 3 unspecified atom stereocenters. The average molecular weight is 175 g/mol. The molecule has 5 heteroatoms. The van der Waals surface area contributed by atoms with E-state index in [4.69, 9.17) is 10.2 Å². The van der Waals surface area contributed by atoms with E-state index < -0.39 is 23.7 Å². The van der Waals surface area contributed by atoms with Crippen LogP contribution in [0.5, 0.6) is 0 Å². The molecule has 0 aromatic rings. The first-order valence-electron chi connectivity index (χ1n) is 3.79. The Morgan fingerprint density at radius 2 is 2.25 bits per heavy atom. The minimum Gasteiger partial charge on any atom is -0.481 e. The average Bonchev–Trinajstić information content (AvgIpc) is 2.16. The van der Waals surface area contributed by atoms with Crippen LogP contribution < -0.4 is 5.32 Å². The minimum absolute atomic E-state index is 0.189. The van der Waals surface area contributed by atoms with Gasteiger partial charge in [0.1, 0.15) is 0 Å². The van der Waals surface area contributed by atoms with Gasteiger partial charge in [0, 0.05) is 6.54 Å². The van der Waals surface area contributed by atoms with Gasteiger partial charge in [-0.05, 0) is 6.92 Å². The van der Waals surface area contributed by atoms with Gasteiger partial charge < -0.3 is 20.6 Å². The number of carbonyl (C=O) groups is 1. The van der Waals surface area contributed by atoms with Gasteiger partial charge in [-0.15, -0.1) is 0 Å². The number of nitrogens with one attached hydrogen (secondary N) is 1. The highest BCUT2D eigenvalue weighted by Crippen LogP contribution is 2.23. The van der Waals surface area contributed by atoms with Crippen molar-refractivity contribution in [3.05, 3.63) is 0 Å². The van der Waals surface area contributed by atoms with Crippen LogP contribution in [0, 0.1) is 0 Å². The topological polar surface area (TPSA) is 89.8 Å². The van der Waals surface area contributed by atoms with Crippen molar-refractivity contribution in [2.24, 2.45) is 0 Å². The van der Waals surface area contributed by atoms with E-state index in [1.807, 2.05) is 0 Å². The summed E-state index contributed by atoms with van der Waals surface area (Å²) >= 11 is 0. The zero-order chi connectivity index (χ0) is 9.35. The quantitative estimate of drug-likeness (QED) is 0.412. The molecule has 0 aromatic carbocycles. The van der Waals surface area contributed by atoms with E-state index in [0.29, 0.717) is 0 Å². The van der Waals surface area contributed by atoms with Crippen molar-refractivity contribution in [2.75, 3.05) is 6.54 Å². The summed E-state index contributed by atoms with van der Waals surface area (Å²) in [5, 5.41) is 29.8. The van der Waals surface area contributed by atoms with E-state index in [-0.39, 0.29) is 13.0 Å². The van der Waals surface area contributed by atoms with Crippen molar-refractivity contribution < 1.29 is 20.1 Å². The second-order valence-electron chi connectivity index (χ2n) is 3.38. The van der Waals surface area contributed by atoms with Crippen molar-refractivity contribution in [1.29, 1.82) is 0 Å². The highest BCUT2D eigenvalue weighted by Gasteiger charge is 2.44. The summed E-state index contributed by atoms with van der Waals surface area (Å²) < 4.78 is 0. The fraction of sp³-hybridized carbons (Fsp3) is 0.857. The monoisotopic (exact) mass is 175 g/mol. The normalized spacial score (nSPS) is 41.6. The lowest BCUT2D eigenvalue weighted by molar-refractivity contribution is -0.139. The molecule has 70 valence electrons. The predicted octanol–water partition coefficient (Wildman–Crippen LogP) is -1.46. The van der Waals surface area contributed by atoms with E-state index in [9.17, 15) is 9.90 Å². The van der Waals surface area contributed by atoms with E-state index >= 15 is 0 Å². The fourth-order valence-electron chi connectivity index (χ4n) is 1.46. The number of aliphatic hydroxyl groups excluding tert-OH is 2. The molecule has 0 spiro atoms. The molecule has 1 saturated heterocycles. The Labute approximate surface area is 70.0 Å². The maximum absolute atomic E-state index is 10.4. The second-order valence-corrected chi connectivity index (χ2v) is 3.38. The van der Waals surface area contributed by atoms with Crippen LogP contribution >= 0.6 is 0 Å². The summed E-state index contributed by atoms with van der Waals surface area (Å²) in [4.78, 5) is 10.4. The third-order valence-corrected chi connectivity index (χ3v) is 2.25. The van der Waals surface area contributed by atoms with Crippen LogP contribution in [0.1, 0.15) is 13.3 Å². The van der Waals surface area contributed by atoms with Crippen LogP contribution in [0.15, 0.2) is 0 Å². The Bertz CT molecular complexity index is 196. The van der Waals surface area contributed by atoms with Gasteiger partial charge in [0.15, 0.2) is 0 Å². The van der Waals surface area contributed by atoms with Crippen molar-refractivity contribution >= 4 is 5.97 Å². The lowest BCUT2D eigenvalue weighted by Gasteiger charge is -2.26. The largest absolute Gasteiger partial charge is 0.481 e. The van der Waals surface area contributed by atoms with Crippen LogP contribution in [-0.2, 0) is 4.79 Å². The Morgan fingerprint density at radius 1 is 1.67 bits per heavy atom. The summed E-state index contributed by atoms with van der Waals surface area (Å²) in [7, 11) is 0. The maximum atomic E-state index is 10.4. The second kappa shape index (κ2) is 3.01. The van der Waals surface area contributed by atoms with E-state index in [0.717, 1.165) is 0 Å². The number of hydrogen-bond acceptors (Lipinski definition) is 4. The number of carboxylic acid groups (broad SMARTS) is 1. The lowest BCUT2D eigenvalue weighted by atomic mass is 9.92. The first-order chi connectivity index (χ1) is 5.46. The number of rotatable bonds is 2. The molecule has 0 aromatic heterocycles. The molecule has 1 heterocycles. The van der Waals surface area contributed by atoms with Crippen molar-refractivity contribution in [2.45, 2.75) is 31.1 Å². The molecule has 0 bridgehead atoms. The standard InChI is InChI=1S/C7H13NO4/c1-7(2-5(10)11)6(12)4(9)3-8-7/h4,6,8-9,12H,2-3H2,1H3,(H,10,11). The van der Waals surface area contributed by atoms with Crippen LogP contribution in [-0.4, -0.2) is 45.6 Å². The summed E-state index contributed by atoms with van der Waals surface area (Å²) in [6.45, 7) is 1.83. The summed E-state index contributed by atoms with van der Waals surface area (Å²) in [6.07, 6.45) is -2.06. The zero-order valence-electron chi connectivity index (χ0n) is 6.82. The Hall–Kier alpha value is -0.650. The fourth-order valence-corrected chi connectivity index (χ4v) is 1.46. The van der Waals surface area contributed by atoms with Crippen LogP contribution in [0.25, 0.3) is 0 Å². The summed E-state index contributed by atoms with van der Waals surface area (Å²) in [5.41, 5.74) is -0.898. The molecule has 1 rings (SSSR count). The Morgan fingerprint density at radius 3 is 2.58 bits per heavy atom. The van der Waals surface area contributed by atoms with E-state index in [1.165, 1.54) is 0 Å². The highest BCUT2D eigenvalue weighted by molar-refractivity contribution is 5.68. The summed E-state index contributed by atoms with van der Waals surface area (Å²) in [6, 6.07) is 0. The number of aliphatic carboxylic acids is 1. The van der Waals surface area contributed by atoms with Crippen LogP contribution in [0.2, 0.25) is 0 Å². The molecule has 1 aliphatic rings. The molecule has 4 N–H and O–H groups in total. The molecule has 0 radical (unpaired) electrons. The molecule has 0 amide bonds. The Balaban J connectivity index is 2.65. The van der Waals surface area contributed by atoms with Gasteiger partial charge in [-0.25, -0.2) is 0 Å². The number of carboxylic acids is 1. The molecule has 12 heavy (non-hydrogen) atoms. The number of β-amino-alcohol motifs (C(OH)–C–C–N with tert-alkyl or cyclic N) is 1. The third-order valence-electron chi connectivity index (χ3n) is 2.25. The molecule has 3 atom stereocenters. The summed E-state index contributed by atoms with van der Waals surface area (Å²) in [5.74, 6) is -0.988. The highest BCUT2D eigenvalue weighted by atomic mass is 16.4. The first kappa shape index (κ1) is 9.44. The maximum Gasteiger partial charge on any atom is 0.305 e. The van der Waals surface area contributed by atoms with Crippen molar-refractivity contribution in [3.63, 3.8) is 0 Å². The Kier molecular flexibility index (Phi) is 2.36. The molecule has 0 saturated carbocycles. The zero-order valence-corrected chi connectivity index (χ0v) is 6.82. The SMILES string of the molecule is CC1(CC(=O)O)NCC(O)C1O. The number of aliphatic hydroxyl groups is 2. The molecule has 5 nitrogen and oxygen atoms in total. The van der Waals surface area contributed by atoms with E-state index in [1.54, 1.807) is 6.92 Å². The number of hydrogen-bond donors (Lipinski definition) is 4. The third kappa shape index (κ3) is 1.57. The van der Waals surface area contributed by atoms with Crippen LogP contribution in [0.4, 0.5) is 0 Å². The van der Waals surface area contributed by atoms with Gasteiger partial charge in [0.2, 0.25) is 0 Å².